The van der Waals surface area contributed by atoms with Crippen molar-refractivity contribution < 1.29 is 24.3 Å². The van der Waals surface area contributed by atoms with Gasteiger partial charge in [-0.05, 0) is 82.0 Å². The highest BCUT2D eigenvalue weighted by Gasteiger charge is 2.43. The Kier molecular flexibility index (Phi) is 12.7. The van der Waals surface area contributed by atoms with Crippen LogP contribution in [0.15, 0.2) is 41.6 Å². The molecule has 3 amide bonds. The average Bonchev–Trinajstić information content (AvgIpc) is 3.02. The zero-order valence-electron chi connectivity index (χ0n) is 27.0. The lowest BCUT2D eigenvalue weighted by molar-refractivity contribution is -0.148. The van der Waals surface area contributed by atoms with Gasteiger partial charge in [-0.1, -0.05) is 57.6 Å². The summed E-state index contributed by atoms with van der Waals surface area (Å²) in [5, 5.41) is 15.6. The minimum atomic E-state index is -1.27. The van der Waals surface area contributed by atoms with Crippen molar-refractivity contribution in [3.05, 3.63) is 67.6 Å². The number of amides is 3. The summed E-state index contributed by atoms with van der Waals surface area (Å²) in [5.74, 6) is -1.54. The number of nitrogens with zero attached hydrogens (tertiary/aromatic N) is 5. The molecule has 256 valence electrons. The number of carboxylic acids is 1. The number of piperidine rings is 1. The van der Waals surface area contributed by atoms with Crippen LogP contribution in [-0.2, 0) is 9.63 Å². The Balaban J connectivity index is 1.46. The lowest BCUT2D eigenvalue weighted by atomic mass is 9.89. The first-order valence-corrected chi connectivity index (χ1v) is 17.0. The summed E-state index contributed by atoms with van der Waals surface area (Å²) in [6, 6.07) is 10.0. The van der Waals surface area contributed by atoms with E-state index in [2.05, 4.69) is 10.1 Å². The molecule has 2 aliphatic rings. The summed E-state index contributed by atoms with van der Waals surface area (Å²) in [7, 11) is 3.15. The topological polar surface area (TPSA) is 106 Å². The van der Waals surface area contributed by atoms with Crippen LogP contribution < -0.4 is 0 Å². The van der Waals surface area contributed by atoms with Crippen LogP contribution in [0.3, 0.4) is 0 Å². The van der Waals surface area contributed by atoms with Crippen LogP contribution in [0, 0.1) is 0 Å². The summed E-state index contributed by atoms with van der Waals surface area (Å²) >= 11 is 25.0. The van der Waals surface area contributed by atoms with Crippen LogP contribution >= 0.6 is 46.4 Å². The Hall–Kier alpha value is -2.76. The van der Waals surface area contributed by atoms with Crippen molar-refractivity contribution in [3.63, 3.8) is 0 Å². The van der Waals surface area contributed by atoms with Gasteiger partial charge in [-0.15, -0.1) is 0 Å². The second kappa shape index (κ2) is 16.1. The fourth-order valence-corrected chi connectivity index (χ4v) is 7.10. The lowest BCUT2D eigenvalue weighted by Gasteiger charge is -2.47. The molecule has 2 heterocycles. The minimum Gasteiger partial charge on any atom is -0.480 e. The van der Waals surface area contributed by atoms with Gasteiger partial charge in [-0.25, -0.2) is 9.59 Å². The van der Waals surface area contributed by atoms with Gasteiger partial charge in [0, 0.05) is 60.8 Å². The van der Waals surface area contributed by atoms with Gasteiger partial charge in [0.15, 0.2) is 0 Å². The van der Waals surface area contributed by atoms with Gasteiger partial charge in [-0.3, -0.25) is 4.79 Å². The fourth-order valence-electron chi connectivity index (χ4n) is 6.27. The molecule has 0 bridgehead atoms. The zero-order chi connectivity index (χ0) is 34.5. The maximum absolute atomic E-state index is 13.4. The van der Waals surface area contributed by atoms with Crippen molar-refractivity contribution in [1.82, 2.24) is 19.6 Å². The van der Waals surface area contributed by atoms with Crippen LogP contribution in [0.25, 0.3) is 0 Å². The Morgan fingerprint density at radius 2 is 1.68 bits per heavy atom. The highest BCUT2D eigenvalue weighted by molar-refractivity contribution is 6.42. The molecule has 2 aromatic carbocycles. The molecule has 10 nitrogen and oxygen atoms in total. The van der Waals surface area contributed by atoms with Gasteiger partial charge in [0.25, 0.3) is 5.91 Å². The van der Waals surface area contributed by atoms with E-state index in [0.29, 0.717) is 57.4 Å². The van der Waals surface area contributed by atoms with E-state index in [1.807, 2.05) is 17.0 Å². The average molecular weight is 730 g/mol. The van der Waals surface area contributed by atoms with E-state index in [1.165, 1.54) is 12.0 Å². The first-order valence-electron chi connectivity index (χ1n) is 15.5. The number of carboxylic acid groups (broad SMARTS) is 1. The van der Waals surface area contributed by atoms with Gasteiger partial charge >= 0.3 is 12.0 Å². The molecule has 2 saturated heterocycles. The summed E-state index contributed by atoms with van der Waals surface area (Å²) in [6.45, 7) is 6.64. The maximum Gasteiger partial charge on any atom is 0.329 e. The highest BCUT2D eigenvalue weighted by Crippen LogP contribution is 2.31. The van der Waals surface area contributed by atoms with Gasteiger partial charge in [-0.2, -0.15) is 0 Å². The monoisotopic (exact) mass is 727 g/mol. The third-order valence-corrected chi connectivity index (χ3v) is 10.2. The van der Waals surface area contributed by atoms with Crippen molar-refractivity contribution >= 4 is 70.0 Å². The zero-order valence-corrected chi connectivity index (χ0v) is 30.0. The number of benzene rings is 2. The van der Waals surface area contributed by atoms with E-state index >= 15 is 0 Å². The quantitative estimate of drug-likeness (QED) is 0.186. The predicted molar refractivity (Wildman–Crippen MR) is 186 cm³/mol. The van der Waals surface area contributed by atoms with Crippen LogP contribution in [0.5, 0.6) is 0 Å². The predicted octanol–water partition coefficient (Wildman–Crippen LogP) is 7.00. The SMILES string of the molecule is CO/N=C(\CN(C)C(=O)c1cc(Cl)cc(Cl)c1)C(CCN1CCC(N2CCCN(C(C)(C)C(=O)O)C2=O)CC1)c1ccc(Cl)c(Cl)c1. The van der Waals surface area contributed by atoms with Crippen molar-refractivity contribution in [1.29, 1.82) is 0 Å². The largest absolute Gasteiger partial charge is 0.480 e. The molecule has 0 aromatic heterocycles. The number of oxime groups is 1. The molecule has 1 N–H and O–H groups in total. The van der Waals surface area contributed by atoms with E-state index in [1.54, 1.807) is 50.1 Å². The summed E-state index contributed by atoms with van der Waals surface area (Å²) in [5.41, 5.74) is 0.608. The first kappa shape index (κ1) is 37.1. The standard InChI is InChI=1S/C33H41Cl4N5O5/c1-33(2,31(44)45)42-12-5-11-41(32(42)46)25-8-13-40(14-9-25)15-10-26(21-6-7-27(36)28(37)18-21)29(38-47-4)20-39(3)30(43)22-16-23(34)19-24(35)17-22/h6-7,16-19,25-26H,5,8-15,20H2,1-4H3,(H,44,45)/b38-29+. The number of carbonyl (C=O) groups is 3. The van der Waals surface area contributed by atoms with Crippen LogP contribution in [-0.4, -0.2) is 113 Å². The molecule has 2 aromatic rings. The fraction of sp³-hybridized carbons (Fsp3) is 0.515. The summed E-state index contributed by atoms with van der Waals surface area (Å²) in [6.07, 6.45) is 2.95. The summed E-state index contributed by atoms with van der Waals surface area (Å²) in [4.78, 5) is 51.1. The molecule has 0 radical (unpaired) electrons. The van der Waals surface area contributed by atoms with Crippen molar-refractivity contribution in [2.24, 2.45) is 5.16 Å². The van der Waals surface area contributed by atoms with Gasteiger partial charge < -0.3 is 29.5 Å². The Labute approximate surface area is 296 Å². The molecule has 0 spiro atoms. The van der Waals surface area contributed by atoms with Gasteiger partial charge in [0.1, 0.15) is 12.6 Å². The second-order valence-electron chi connectivity index (χ2n) is 12.5. The lowest BCUT2D eigenvalue weighted by Crippen LogP contribution is -2.63. The molecule has 2 fully saturated rings. The van der Waals surface area contributed by atoms with E-state index in [9.17, 15) is 19.5 Å². The van der Waals surface area contributed by atoms with Crippen molar-refractivity contribution in [2.45, 2.75) is 57.0 Å². The minimum absolute atomic E-state index is 0.0438. The number of likely N-dealkylation sites (tertiary alicyclic amines) is 1. The molecule has 4 rings (SSSR count). The molecule has 1 atom stereocenters. The van der Waals surface area contributed by atoms with E-state index in [4.69, 9.17) is 51.2 Å². The highest BCUT2D eigenvalue weighted by atomic mass is 35.5. The van der Waals surface area contributed by atoms with E-state index in [-0.39, 0.29) is 30.4 Å². The number of aliphatic carboxylic acids is 1. The van der Waals surface area contributed by atoms with Crippen molar-refractivity contribution in [2.75, 3.05) is 53.4 Å². The summed E-state index contributed by atoms with van der Waals surface area (Å²) < 4.78 is 0. The third kappa shape index (κ3) is 9.03. The Bertz CT molecular complexity index is 1480. The molecule has 47 heavy (non-hydrogen) atoms. The Morgan fingerprint density at radius 1 is 1.02 bits per heavy atom. The van der Waals surface area contributed by atoms with E-state index < -0.39 is 11.5 Å². The number of rotatable bonds is 12. The first-order chi connectivity index (χ1) is 22.2. The van der Waals surface area contributed by atoms with Gasteiger partial charge in [0.2, 0.25) is 0 Å². The molecule has 14 heteroatoms. The van der Waals surface area contributed by atoms with Crippen LogP contribution in [0.4, 0.5) is 4.79 Å². The molecular weight excluding hydrogens is 688 g/mol. The molecular formula is C33H41Cl4N5O5. The van der Waals surface area contributed by atoms with Gasteiger partial charge in [0.05, 0.1) is 22.3 Å². The molecule has 1 unspecified atom stereocenters. The van der Waals surface area contributed by atoms with Crippen molar-refractivity contribution in [3.8, 4) is 0 Å². The molecule has 0 saturated carbocycles. The third-order valence-electron chi connectivity index (χ3n) is 9.00. The van der Waals surface area contributed by atoms with E-state index in [0.717, 1.165) is 37.9 Å². The number of urea groups is 1. The van der Waals surface area contributed by atoms with Crippen LogP contribution in [0.2, 0.25) is 20.1 Å². The second-order valence-corrected chi connectivity index (χ2v) is 14.2. The normalized spacial score (nSPS) is 17.5. The number of hydrogen-bond donors (Lipinski definition) is 1. The number of carbonyl (C=O) groups excluding carboxylic acids is 2. The Morgan fingerprint density at radius 3 is 2.28 bits per heavy atom. The molecule has 0 aliphatic carbocycles. The molecule has 2 aliphatic heterocycles. The maximum atomic E-state index is 13.4. The number of halogens is 4. The van der Waals surface area contributed by atoms with Crippen LogP contribution in [0.1, 0.15) is 61.4 Å². The smallest absolute Gasteiger partial charge is 0.329 e. The number of hydrogen-bond acceptors (Lipinski definition) is 6.